The van der Waals surface area contributed by atoms with Crippen LogP contribution in [-0.4, -0.2) is 33.8 Å². The number of nitrogens with zero attached hydrogens (tertiary/aromatic N) is 1. The molecule has 7 nitrogen and oxygen atoms in total. The lowest BCUT2D eigenvalue weighted by atomic mass is 10.2. The van der Waals surface area contributed by atoms with Crippen LogP contribution in [0, 0.1) is 0 Å². The van der Waals surface area contributed by atoms with Crippen molar-refractivity contribution >= 4 is 17.0 Å². The summed E-state index contributed by atoms with van der Waals surface area (Å²) >= 11 is 0. The summed E-state index contributed by atoms with van der Waals surface area (Å²) in [5, 5.41) is 8.96. The van der Waals surface area contributed by atoms with Gasteiger partial charge in [-0.3, -0.25) is 9.59 Å². The van der Waals surface area contributed by atoms with Crippen LogP contribution < -0.4 is 11.1 Å². The maximum atomic E-state index is 11.9. The Labute approximate surface area is 119 Å². The van der Waals surface area contributed by atoms with Crippen LogP contribution in [0.4, 0.5) is 0 Å². The van der Waals surface area contributed by atoms with E-state index in [-0.39, 0.29) is 5.56 Å². The molecule has 0 saturated heterocycles. The highest BCUT2D eigenvalue weighted by atomic mass is 16.5. The quantitative estimate of drug-likeness (QED) is 0.606. The number of fused-ring (bicyclic) bond motifs is 1. The van der Waals surface area contributed by atoms with E-state index in [9.17, 15) is 14.4 Å². The van der Waals surface area contributed by atoms with E-state index < -0.39 is 17.1 Å². The molecular weight excluding hydrogens is 276 g/mol. The zero-order chi connectivity index (χ0) is 15.4. The smallest absolute Gasteiger partial charge is 0.335 e. The minimum absolute atomic E-state index is 0.0534. The van der Waals surface area contributed by atoms with Crippen molar-refractivity contribution in [3.05, 3.63) is 44.5 Å². The summed E-state index contributed by atoms with van der Waals surface area (Å²) in [6.45, 7) is 3.30. The Morgan fingerprint density at radius 3 is 2.81 bits per heavy atom. The van der Waals surface area contributed by atoms with Crippen molar-refractivity contribution in [1.82, 2.24) is 9.55 Å². The number of carboxylic acid groups (broad SMARTS) is 1. The molecule has 2 N–H and O–H groups in total. The second kappa shape index (κ2) is 6.36. The number of aryl methyl sites for hydroxylation is 1. The number of H-pyrrole nitrogens is 1. The predicted molar refractivity (Wildman–Crippen MR) is 76.9 cm³/mol. The van der Waals surface area contributed by atoms with Crippen LogP contribution in [-0.2, 0) is 11.3 Å². The summed E-state index contributed by atoms with van der Waals surface area (Å²) in [6.07, 6.45) is 0.590. The minimum atomic E-state index is -1.09. The molecule has 21 heavy (non-hydrogen) atoms. The van der Waals surface area contributed by atoms with Crippen molar-refractivity contribution in [2.45, 2.75) is 19.9 Å². The molecule has 112 valence electrons. The van der Waals surface area contributed by atoms with Crippen LogP contribution in [0.3, 0.4) is 0 Å². The third-order valence-electron chi connectivity index (χ3n) is 3.10. The number of rotatable bonds is 6. The van der Waals surface area contributed by atoms with Gasteiger partial charge in [0, 0.05) is 19.8 Å². The van der Waals surface area contributed by atoms with Gasteiger partial charge in [0.25, 0.3) is 0 Å². The van der Waals surface area contributed by atoms with Crippen molar-refractivity contribution in [2.24, 2.45) is 0 Å². The highest BCUT2D eigenvalue weighted by molar-refractivity contribution is 5.92. The monoisotopic (exact) mass is 292 g/mol. The Kier molecular flexibility index (Phi) is 4.54. The second-order valence-corrected chi connectivity index (χ2v) is 4.50. The van der Waals surface area contributed by atoms with Gasteiger partial charge in [0.15, 0.2) is 0 Å². The lowest BCUT2D eigenvalue weighted by Crippen LogP contribution is -2.36. The van der Waals surface area contributed by atoms with E-state index in [0.717, 1.165) is 0 Å². The zero-order valence-corrected chi connectivity index (χ0v) is 11.6. The summed E-state index contributed by atoms with van der Waals surface area (Å²) in [4.78, 5) is 36.9. The highest BCUT2D eigenvalue weighted by Gasteiger charge is 2.10. The number of carbonyl (C=O) groups is 1. The number of benzene rings is 1. The molecule has 0 spiro atoms. The third kappa shape index (κ3) is 3.19. The lowest BCUT2D eigenvalue weighted by molar-refractivity contribution is 0.0697. The van der Waals surface area contributed by atoms with Crippen LogP contribution in [0.5, 0.6) is 0 Å². The Bertz CT molecular complexity index is 775. The molecule has 2 rings (SSSR count). The molecule has 2 aromatic rings. The summed E-state index contributed by atoms with van der Waals surface area (Å²) in [6, 6.07) is 4.27. The predicted octanol–water partition coefficient (Wildman–Crippen LogP) is 0.815. The van der Waals surface area contributed by atoms with Gasteiger partial charge in [-0.1, -0.05) is 0 Å². The first kappa shape index (κ1) is 15.0. The first-order valence-corrected chi connectivity index (χ1v) is 6.62. The Balaban J connectivity index is 2.47. The normalized spacial score (nSPS) is 10.9. The van der Waals surface area contributed by atoms with Gasteiger partial charge in [-0.2, -0.15) is 0 Å². The molecule has 0 saturated carbocycles. The van der Waals surface area contributed by atoms with Crippen molar-refractivity contribution in [3.63, 3.8) is 0 Å². The molecule has 0 aliphatic heterocycles. The number of ether oxygens (including phenoxy) is 1. The van der Waals surface area contributed by atoms with Gasteiger partial charge in [0.05, 0.1) is 16.6 Å². The molecule has 1 aromatic heterocycles. The van der Waals surface area contributed by atoms with Crippen LogP contribution in [0.15, 0.2) is 27.8 Å². The van der Waals surface area contributed by atoms with E-state index in [1.54, 1.807) is 0 Å². The van der Waals surface area contributed by atoms with E-state index in [0.29, 0.717) is 37.2 Å². The van der Waals surface area contributed by atoms with Gasteiger partial charge in [-0.05, 0) is 31.5 Å². The first-order valence-electron chi connectivity index (χ1n) is 6.62. The molecule has 1 heterocycles. The summed E-state index contributed by atoms with van der Waals surface area (Å²) in [5.41, 5.74) is -0.529. The number of aromatic nitrogens is 2. The van der Waals surface area contributed by atoms with Crippen molar-refractivity contribution in [2.75, 3.05) is 13.2 Å². The average Bonchev–Trinajstić information content (AvgIpc) is 2.46. The topological polar surface area (TPSA) is 101 Å². The van der Waals surface area contributed by atoms with Gasteiger partial charge in [0.2, 0.25) is 0 Å². The standard InChI is InChI=1S/C14H16N2O5/c1-2-21-7-3-6-16-11-5-4-9(14(19)20)8-10(11)15-12(17)13(16)18/h4-5,8H,2-3,6-7H2,1H3,(H,15,17)(H,19,20). The Morgan fingerprint density at radius 2 is 2.14 bits per heavy atom. The van der Waals surface area contributed by atoms with Crippen molar-refractivity contribution in [1.29, 1.82) is 0 Å². The summed E-state index contributed by atoms with van der Waals surface area (Å²) in [5.74, 6) is -1.09. The number of hydrogen-bond donors (Lipinski definition) is 2. The zero-order valence-electron chi connectivity index (χ0n) is 11.6. The first-order chi connectivity index (χ1) is 10.0. The van der Waals surface area contributed by atoms with E-state index >= 15 is 0 Å². The minimum Gasteiger partial charge on any atom is -0.478 e. The molecule has 0 bridgehead atoms. The van der Waals surface area contributed by atoms with E-state index in [4.69, 9.17) is 9.84 Å². The number of nitrogens with one attached hydrogen (secondary N) is 1. The molecule has 0 atom stereocenters. The fraction of sp³-hybridized carbons (Fsp3) is 0.357. The SMILES string of the molecule is CCOCCCn1c(=O)c(=O)[nH]c2cc(C(=O)O)ccc21. The maximum absolute atomic E-state index is 11.9. The van der Waals surface area contributed by atoms with Gasteiger partial charge >= 0.3 is 17.1 Å². The molecule has 0 aliphatic rings. The van der Waals surface area contributed by atoms with Gasteiger partial charge in [0.1, 0.15) is 0 Å². The Morgan fingerprint density at radius 1 is 1.38 bits per heavy atom. The van der Waals surface area contributed by atoms with Crippen molar-refractivity contribution < 1.29 is 14.6 Å². The summed E-state index contributed by atoms with van der Waals surface area (Å²) in [7, 11) is 0. The number of aromatic carboxylic acids is 1. The fourth-order valence-electron chi connectivity index (χ4n) is 2.10. The molecule has 0 aliphatic carbocycles. The number of aromatic amines is 1. The molecule has 0 radical (unpaired) electrons. The number of hydrogen-bond acceptors (Lipinski definition) is 4. The van der Waals surface area contributed by atoms with Crippen molar-refractivity contribution in [3.8, 4) is 0 Å². The van der Waals surface area contributed by atoms with Crippen LogP contribution >= 0.6 is 0 Å². The molecule has 0 fully saturated rings. The van der Waals surface area contributed by atoms with Gasteiger partial charge in [-0.15, -0.1) is 0 Å². The molecule has 7 heteroatoms. The largest absolute Gasteiger partial charge is 0.478 e. The van der Waals surface area contributed by atoms with Crippen LogP contribution in [0.2, 0.25) is 0 Å². The highest BCUT2D eigenvalue weighted by Crippen LogP contribution is 2.12. The molecule has 0 amide bonds. The fourth-order valence-corrected chi connectivity index (χ4v) is 2.10. The van der Waals surface area contributed by atoms with E-state index in [2.05, 4.69) is 4.98 Å². The van der Waals surface area contributed by atoms with Gasteiger partial charge < -0.3 is 19.4 Å². The summed E-state index contributed by atoms with van der Waals surface area (Å²) < 4.78 is 6.55. The molecule has 1 aromatic carbocycles. The van der Waals surface area contributed by atoms with Crippen LogP contribution in [0.25, 0.3) is 11.0 Å². The van der Waals surface area contributed by atoms with Crippen LogP contribution in [0.1, 0.15) is 23.7 Å². The number of carboxylic acids is 1. The maximum Gasteiger partial charge on any atom is 0.335 e. The molecular formula is C14H16N2O5. The third-order valence-corrected chi connectivity index (χ3v) is 3.10. The van der Waals surface area contributed by atoms with E-state index in [1.165, 1.54) is 22.8 Å². The second-order valence-electron chi connectivity index (χ2n) is 4.50. The lowest BCUT2D eigenvalue weighted by Gasteiger charge is -2.10. The van der Waals surface area contributed by atoms with E-state index in [1.807, 2.05) is 6.92 Å². The van der Waals surface area contributed by atoms with Gasteiger partial charge in [-0.25, -0.2) is 4.79 Å². The molecule has 0 unspecified atom stereocenters. The Hall–Kier alpha value is -2.41. The average molecular weight is 292 g/mol.